The highest BCUT2D eigenvalue weighted by molar-refractivity contribution is 6.37. The summed E-state index contributed by atoms with van der Waals surface area (Å²) in [7, 11) is 2.06. The van der Waals surface area contributed by atoms with Crippen LogP contribution in [0.1, 0.15) is 24.8 Å². The zero-order chi connectivity index (χ0) is 30.7. The normalized spacial score (nSPS) is 21.4. The summed E-state index contributed by atoms with van der Waals surface area (Å²) in [5.74, 6) is -1.89. The molecule has 44 heavy (non-hydrogen) atoms. The van der Waals surface area contributed by atoms with Crippen molar-refractivity contribution < 1.29 is 18.3 Å². The van der Waals surface area contributed by atoms with E-state index >= 15 is 0 Å². The van der Waals surface area contributed by atoms with Crippen molar-refractivity contribution in [3.8, 4) is 23.1 Å². The number of hydrogen-bond donors (Lipinski definition) is 0. The number of nitrogens with zero attached hydrogens (tertiary/aromatic N) is 5. The van der Waals surface area contributed by atoms with Crippen LogP contribution in [0.15, 0.2) is 60.9 Å². The largest absolute Gasteiger partial charge is 0.475 e. The number of pyridine rings is 1. The molecule has 4 aromatic rings. The number of ether oxygens (including phenoxy) is 1. The van der Waals surface area contributed by atoms with Gasteiger partial charge in [0.05, 0.1) is 28.3 Å². The lowest BCUT2D eigenvalue weighted by Crippen LogP contribution is -2.63. The summed E-state index contributed by atoms with van der Waals surface area (Å²) < 4.78 is 34.6. The summed E-state index contributed by atoms with van der Waals surface area (Å²) in [6.07, 6.45) is 2.72. The van der Waals surface area contributed by atoms with E-state index in [1.54, 1.807) is 6.07 Å². The van der Waals surface area contributed by atoms with Gasteiger partial charge in [0.1, 0.15) is 24.1 Å². The Labute approximate surface area is 258 Å². The zero-order valence-electron chi connectivity index (χ0n) is 24.2. The number of fused-ring (bicyclic) bond motifs is 3. The van der Waals surface area contributed by atoms with Crippen molar-refractivity contribution in [2.45, 2.75) is 37.4 Å². The zero-order valence-corrected chi connectivity index (χ0v) is 25.0. The lowest BCUT2D eigenvalue weighted by atomic mass is 9.92. The molecule has 3 fully saturated rings. The molecule has 0 saturated carbocycles. The van der Waals surface area contributed by atoms with E-state index in [0.29, 0.717) is 48.3 Å². The summed E-state index contributed by atoms with van der Waals surface area (Å²) in [5, 5.41) is 12.7. The fourth-order valence-electron chi connectivity index (χ4n) is 7.10. The average molecular weight is 614 g/mol. The fourth-order valence-corrected chi connectivity index (χ4v) is 7.37. The van der Waals surface area contributed by atoms with Gasteiger partial charge in [-0.05, 0) is 61.5 Å². The SMILES string of the molecule is C=C(F)C(=O)N1CC[C@@H]2[C@H]1CN2c1c(C#N)c(OC[C@@H]2CCCN2C)nc2cc(-c3cccc4ccc(F)c(Cl)c34)ccc12. The molecule has 1 amide bonds. The first-order valence-corrected chi connectivity index (χ1v) is 15.1. The summed E-state index contributed by atoms with van der Waals surface area (Å²) in [5.41, 5.74) is 3.19. The van der Waals surface area contributed by atoms with Crippen molar-refractivity contribution in [2.24, 2.45) is 0 Å². The van der Waals surface area contributed by atoms with E-state index in [2.05, 4.69) is 29.5 Å². The Morgan fingerprint density at radius 1 is 1.18 bits per heavy atom. The van der Waals surface area contributed by atoms with Crippen LogP contribution in [0.25, 0.3) is 32.8 Å². The van der Waals surface area contributed by atoms with Crippen molar-refractivity contribution in [2.75, 3.05) is 38.2 Å². The Hall–Kier alpha value is -4.26. The fraction of sp³-hybridized carbons (Fsp3) is 0.324. The number of nitriles is 1. The third-order valence-corrected chi connectivity index (χ3v) is 9.81. The van der Waals surface area contributed by atoms with Crippen LogP contribution in [0.4, 0.5) is 14.5 Å². The van der Waals surface area contributed by atoms with Crippen molar-refractivity contribution >= 4 is 44.9 Å². The summed E-state index contributed by atoms with van der Waals surface area (Å²) in [4.78, 5) is 23.2. The molecule has 7 rings (SSSR count). The Morgan fingerprint density at radius 2 is 2.02 bits per heavy atom. The maximum absolute atomic E-state index is 14.5. The van der Waals surface area contributed by atoms with Gasteiger partial charge in [-0.25, -0.2) is 13.8 Å². The molecular weight excluding hydrogens is 584 g/mol. The van der Waals surface area contributed by atoms with Gasteiger partial charge >= 0.3 is 0 Å². The van der Waals surface area contributed by atoms with Crippen LogP contribution in [0, 0.1) is 17.1 Å². The Morgan fingerprint density at radius 3 is 2.77 bits per heavy atom. The highest BCUT2D eigenvalue weighted by Crippen LogP contribution is 2.45. The number of likely N-dealkylation sites (tertiary alicyclic amines) is 2. The third kappa shape index (κ3) is 4.56. The molecule has 3 saturated heterocycles. The molecule has 1 aromatic heterocycles. The molecular formula is C34H30ClF2N5O2. The van der Waals surface area contributed by atoms with Crippen LogP contribution in [0.2, 0.25) is 5.02 Å². The molecule has 7 nitrogen and oxygen atoms in total. The predicted molar refractivity (Wildman–Crippen MR) is 167 cm³/mol. The number of rotatable bonds is 6. The van der Waals surface area contributed by atoms with E-state index < -0.39 is 17.6 Å². The lowest BCUT2D eigenvalue weighted by molar-refractivity contribution is -0.130. The minimum Gasteiger partial charge on any atom is -0.475 e. The van der Waals surface area contributed by atoms with E-state index in [0.717, 1.165) is 41.3 Å². The number of halogens is 3. The second-order valence-electron chi connectivity index (χ2n) is 11.8. The molecule has 0 aliphatic carbocycles. The van der Waals surface area contributed by atoms with Crippen molar-refractivity contribution in [1.82, 2.24) is 14.8 Å². The lowest BCUT2D eigenvalue weighted by Gasteiger charge is -2.48. The van der Waals surface area contributed by atoms with Gasteiger partial charge in [0.15, 0.2) is 5.83 Å². The molecule has 0 radical (unpaired) electrons. The van der Waals surface area contributed by atoms with Crippen LogP contribution in [0.3, 0.4) is 0 Å². The number of amides is 1. The molecule has 3 aliphatic heterocycles. The van der Waals surface area contributed by atoms with Gasteiger partial charge in [-0.3, -0.25) is 4.79 Å². The van der Waals surface area contributed by atoms with Crippen LogP contribution >= 0.6 is 11.6 Å². The smallest absolute Gasteiger partial charge is 0.282 e. The van der Waals surface area contributed by atoms with Crippen LogP contribution in [-0.4, -0.2) is 72.1 Å². The first kappa shape index (κ1) is 28.5. The molecule has 0 N–H and O–H groups in total. The van der Waals surface area contributed by atoms with Gasteiger partial charge in [-0.2, -0.15) is 5.26 Å². The predicted octanol–water partition coefficient (Wildman–Crippen LogP) is 6.46. The second-order valence-corrected chi connectivity index (χ2v) is 12.2. The quantitative estimate of drug-likeness (QED) is 0.232. The number of carbonyl (C=O) groups excluding carboxylic acids is 1. The first-order chi connectivity index (χ1) is 21.3. The number of aromatic nitrogens is 1. The van der Waals surface area contributed by atoms with Gasteiger partial charge in [0.25, 0.3) is 5.91 Å². The second kappa shape index (κ2) is 11.0. The van der Waals surface area contributed by atoms with Gasteiger partial charge in [-0.15, -0.1) is 0 Å². The molecule has 0 bridgehead atoms. The van der Waals surface area contributed by atoms with Crippen LogP contribution in [0.5, 0.6) is 5.88 Å². The van der Waals surface area contributed by atoms with Crippen molar-refractivity contribution in [3.05, 3.63) is 77.3 Å². The minimum absolute atomic E-state index is 0.0549. The van der Waals surface area contributed by atoms with E-state index in [1.165, 1.54) is 11.0 Å². The Bertz CT molecular complexity index is 1890. The van der Waals surface area contributed by atoms with Crippen LogP contribution < -0.4 is 9.64 Å². The maximum atomic E-state index is 14.5. The number of carbonyl (C=O) groups is 1. The highest BCUT2D eigenvalue weighted by atomic mass is 35.5. The number of hydrogen-bond acceptors (Lipinski definition) is 6. The molecule has 3 atom stereocenters. The topological polar surface area (TPSA) is 72.7 Å². The summed E-state index contributed by atoms with van der Waals surface area (Å²) >= 11 is 6.46. The monoisotopic (exact) mass is 613 g/mol. The molecule has 224 valence electrons. The van der Waals surface area contributed by atoms with Crippen molar-refractivity contribution in [3.63, 3.8) is 0 Å². The standard InChI is InChI=1S/C34H30ClF2N5O2/c1-19(36)34(43)41-14-12-28-29(41)17-42(28)32-24-10-8-21(23-7-3-5-20-9-11-26(37)31(35)30(20)23)15-27(24)39-33(25(32)16-38)44-18-22-6-4-13-40(22)2/h3,5,7-11,15,22,28-29H,1,4,6,12-14,17-18H2,2H3/t22-,28+,29+/m0/s1. The summed E-state index contributed by atoms with van der Waals surface area (Å²) in [6, 6.07) is 16.8. The highest BCUT2D eigenvalue weighted by Gasteiger charge is 2.50. The van der Waals surface area contributed by atoms with Gasteiger partial charge in [-0.1, -0.05) is 54.6 Å². The third-order valence-electron chi connectivity index (χ3n) is 9.44. The minimum atomic E-state index is -0.968. The molecule has 3 aromatic carbocycles. The molecule has 10 heteroatoms. The molecule has 0 spiro atoms. The molecule has 3 aliphatic rings. The van der Waals surface area contributed by atoms with Gasteiger partial charge < -0.3 is 19.4 Å². The molecule has 4 heterocycles. The van der Waals surface area contributed by atoms with E-state index in [1.807, 2.05) is 36.4 Å². The number of likely N-dealkylation sites (N-methyl/N-ethyl adjacent to an activating group) is 1. The number of anilines is 1. The van der Waals surface area contributed by atoms with Gasteiger partial charge in [0, 0.05) is 29.9 Å². The van der Waals surface area contributed by atoms with E-state index in [4.69, 9.17) is 21.3 Å². The Kier molecular flexibility index (Phi) is 7.14. The average Bonchev–Trinajstić information content (AvgIpc) is 3.58. The maximum Gasteiger partial charge on any atom is 0.282 e. The Balaban J connectivity index is 1.35. The molecule has 0 unspecified atom stereocenters. The van der Waals surface area contributed by atoms with E-state index in [9.17, 15) is 18.8 Å². The van der Waals surface area contributed by atoms with Crippen LogP contribution in [-0.2, 0) is 4.79 Å². The van der Waals surface area contributed by atoms with Crippen molar-refractivity contribution in [1.29, 1.82) is 5.26 Å². The summed E-state index contributed by atoms with van der Waals surface area (Å²) in [6.45, 7) is 5.44. The van der Waals surface area contributed by atoms with Gasteiger partial charge in [0.2, 0.25) is 5.88 Å². The first-order valence-electron chi connectivity index (χ1n) is 14.8. The van der Waals surface area contributed by atoms with E-state index in [-0.39, 0.29) is 29.0 Å². The number of benzene rings is 3.